The van der Waals surface area contributed by atoms with Gasteiger partial charge >= 0.3 is 0 Å². The Kier molecular flexibility index (Phi) is 5.41. The van der Waals surface area contributed by atoms with Gasteiger partial charge in [-0.25, -0.2) is 0 Å². The van der Waals surface area contributed by atoms with Crippen LogP contribution in [0.15, 0.2) is 54.6 Å². The predicted octanol–water partition coefficient (Wildman–Crippen LogP) is 2.59. The Labute approximate surface area is 169 Å². The Hall–Kier alpha value is -3.42. The maximum Gasteiger partial charge on any atom is 0.249 e. The van der Waals surface area contributed by atoms with E-state index in [1.165, 1.54) is 4.80 Å². The zero-order valence-corrected chi connectivity index (χ0v) is 16.4. The van der Waals surface area contributed by atoms with E-state index in [4.69, 9.17) is 9.47 Å². The van der Waals surface area contributed by atoms with Gasteiger partial charge in [-0.3, -0.25) is 4.79 Å². The van der Waals surface area contributed by atoms with E-state index < -0.39 is 6.04 Å². The van der Waals surface area contributed by atoms with Crippen molar-refractivity contribution in [2.45, 2.75) is 26.0 Å². The van der Waals surface area contributed by atoms with Crippen molar-refractivity contribution in [3.8, 4) is 22.9 Å². The number of amides is 1. The minimum atomic E-state index is -0.572. The molecule has 1 aliphatic heterocycles. The van der Waals surface area contributed by atoms with E-state index in [0.29, 0.717) is 31.3 Å². The van der Waals surface area contributed by atoms with Gasteiger partial charge in [-0.05, 0) is 31.2 Å². The number of carbonyl (C=O) groups is 1. The summed E-state index contributed by atoms with van der Waals surface area (Å²) in [4.78, 5) is 16.1. The van der Waals surface area contributed by atoms with Gasteiger partial charge in [0.2, 0.25) is 11.7 Å². The van der Waals surface area contributed by atoms with Crippen LogP contribution in [0.5, 0.6) is 11.5 Å². The molecule has 2 atom stereocenters. The molecule has 0 N–H and O–H groups in total. The third kappa shape index (κ3) is 4.06. The van der Waals surface area contributed by atoms with Crippen molar-refractivity contribution < 1.29 is 14.3 Å². The standard InChI is InChI=1S/C21H23N5O3/c1-3-25(13-17-14-28-18-11-7-8-12-19(18)29-17)21(27)15(2)26-23-20(22-24-26)16-9-5-4-6-10-16/h4-12,15,17H,3,13-14H2,1-2H3. The van der Waals surface area contributed by atoms with E-state index >= 15 is 0 Å². The summed E-state index contributed by atoms with van der Waals surface area (Å²) in [7, 11) is 0. The summed E-state index contributed by atoms with van der Waals surface area (Å²) in [6, 6.07) is 16.5. The monoisotopic (exact) mass is 393 g/mol. The number of fused-ring (bicyclic) bond motifs is 1. The molecule has 0 radical (unpaired) electrons. The largest absolute Gasteiger partial charge is 0.486 e. The molecule has 0 saturated heterocycles. The molecule has 4 rings (SSSR count). The fraction of sp³-hybridized carbons (Fsp3) is 0.333. The highest BCUT2D eigenvalue weighted by Gasteiger charge is 2.28. The van der Waals surface area contributed by atoms with Crippen molar-refractivity contribution in [2.75, 3.05) is 19.7 Å². The zero-order chi connectivity index (χ0) is 20.2. The molecule has 1 amide bonds. The van der Waals surface area contributed by atoms with Crippen LogP contribution in [0.2, 0.25) is 0 Å². The summed E-state index contributed by atoms with van der Waals surface area (Å²) in [6.07, 6.45) is -0.232. The molecule has 1 aliphatic rings. The average Bonchev–Trinajstić information content (AvgIpc) is 3.27. The van der Waals surface area contributed by atoms with Gasteiger partial charge in [0.05, 0.1) is 6.54 Å². The smallest absolute Gasteiger partial charge is 0.249 e. The summed E-state index contributed by atoms with van der Waals surface area (Å²) < 4.78 is 11.7. The highest BCUT2D eigenvalue weighted by molar-refractivity contribution is 5.79. The molecule has 0 fully saturated rings. The SMILES string of the molecule is CCN(CC1COc2ccccc2O1)C(=O)C(C)n1nnc(-c2ccccc2)n1. The van der Waals surface area contributed by atoms with Crippen LogP contribution < -0.4 is 9.47 Å². The molecule has 8 heteroatoms. The number of benzene rings is 2. The van der Waals surface area contributed by atoms with Gasteiger partial charge in [0.1, 0.15) is 12.6 Å². The minimum absolute atomic E-state index is 0.0908. The number of carbonyl (C=O) groups excluding carboxylic acids is 1. The van der Waals surface area contributed by atoms with Gasteiger partial charge in [-0.1, -0.05) is 42.5 Å². The van der Waals surface area contributed by atoms with Crippen LogP contribution in [-0.2, 0) is 4.79 Å². The topological polar surface area (TPSA) is 82.4 Å². The molecule has 0 saturated carbocycles. The zero-order valence-electron chi connectivity index (χ0n) is 16.4. The lowest BCUT2D eigenvalue weighted by atomic mass is 10.2. The average molecular weight is 393 g/mol. The first-order valence-electron chi connectivity index (χ1n) is 9.68. The van der Waals surface area contributed by atoms with Crippen molar-refractivity contribution in [1.29, 1.82) is 0 Å². The number of hydrogen-bond donors (Lipinski definition) is 0. The number of nitrogens with zero attached hydrogens (tertiary/aromatic N) is 5. The van der Waals surface area contributed by atoms with Gasteiger partial charge in [-0.15, -0.1) is 10.2 Å². The summed E-state index contributed by atoms with van der Waals surface area (Å²) >= 11 is 0. The Bertz CT molecular complexity index is 975. The molecule has 1 aromatic heterocycles. The number of rotatable bonds is 6. The Morgan fingerprint density at radius 3 is 2.66 bits per heavy atom. The normalized spacial score (nSPS) is 16.3. The van der Waals surface area contributed by atoms with E-state index in [1.54, 1.807) is 11.8 Å². The number of aromatic nitrogens is 4. The molecule has 2 unspecified atom stereocenters. The maximum absolute atomic E-state index is 13.0. The van der Waals surface area contributed by atoms with E-state index in [1.807, 2.05) is 61.5 Å². The fourth-order valence-corrected chi connectivity index (χ4v) is 3.23. The third-order valence-corrected chi connectivity index (χ3v) is 4.85. The van der Waals surface area contributed by atoms with Crippen LogP contribution in [-0.4, -0.2) is 56.8 Å². The number of ether oxygens (including phenoxy) is 2. The maximum atomic E-state index is 13.0. The van der Waals surface area contributed by atoms with Gasteiger partial charge in [0.15, 0.2) is 17.6 Å². The number of para-hydroxylation sites is 2. The first kappa shape index (κ1) is 18.9. The predicted molar refractivity (Wildman–Crippen MR) is 107 cm³/mol. The molecule has 0 spiro atoms. The second kappa shape index (κ2) is 8.30. The van der Waals surface area contributed by atoms with Crippen molar-refractivity contribution in [3.63, 3.8) is 0 Å². The van der Waals surface area contributed by atoms with Gasteiger partial charge in [0, 0.05) is 12.1 Å². The van der Waals surface area contributed by atoms with Crippen molar-refractivity contribution >= 4 is 5.91 Å². The molecular formula is C21H23N5O3. The quantitative estimate of drug-likeness (QED) is 0.640. The van der Waals surface area contributed by atoms with Crippen molar-refractivity contribution in [2.24, 2.45) is 0 Å². The summed E-state index contributed by atoms with van der Waals surface area (Å²) in [5.41, 5.74) is 0.858. The third-order valence-electron chi connectivity index (χ3n) is 4.85. The highest BCUT2D eigenvalue weighted by Crippen LogP contribution is 2.31. The van der Waals surface area contributed by atoms with Gasteiger partial charge < -0.3 is 14.4 Å². The molecule has 2 heterocycles. The first-order chi connectivity index (χ1) is 14.2. The lowest BCUT2D eigenvalue weighted by Gasteiger charge is -2.31. The summed E-state index contributed by atoms with van der Waals surface area (Å²) in [5, 5.41) is 12.5. The summed E-state index contributed by atoms with van der Waals surface area (Å²) in [5.74, 6) is 1.83. The van der Waals surface area contributed by atoms with Crippen LogP contribution >= 0.6 is 0 Å². The second-order valence-electron chi connectivity index (χ2n) is 6.85. The van der Waals surface area contributed by atoms with E-state index in [2.05, 4.69) is 15.4 Å². The van der Waals surface area contributed by atoms with Crippen LogP contribution in [0.1, 0.15) is 19.9 Å². The Morgan fingerprint density at radius 1 is 1.17 bits per heavy atom. The summed E-state index contributed by atoms with van der Waals surface area (Å²) in [6.45, 7) is 5.08. The van der Waals surface area contributed by atoms with Gasteiger partial charge in [-0.2, -0.15) is 4.80 Å². The van der Waals surface area contributed by atoms with Crippen LogP contribution in [0.3, 0.4) is 0 Å². The molecule has 8 nitrogen and oxygen atoms in total. The van der Waals surface area contributed by atoms with Crippen molar-refractivity contribution in [1.82, 2.24) is 25.1 Å². The van der Waals surface area contributed by atoms with Gasteiger partial charge in [0.25, 0.3) is 0 Å². The molecule has 150 valence electrons. The van der Waals surface area contributed by atoms with E-state index in [9.17, 15) is 4.79 Å². The number of likely N-dealkylation sites (N-methyl/N-ethyl adjacent to an activating group) is 1. The fourth-order valence-electron chi connectivity index (χ4n) is 3.23. The Balaban J connectivity index is 1.43. The molecule has 0 bridgehead atoms. The molecule has 0 aliphatic carbocycles. The molecule has 3 aromatic rings. The number of tetrazole rings is 1. The minimum Gasteiger partial charge on any atom is -0.486 e. The van der Waals surface area contributed by atoms with Crippen LogP contribution in [0.25, 0.3) is 11.4 Å². The lowest BCUT2D eigenvalue weighted by Crippen LogP contribution is -2.45. The lowest BCUT2D eigenvalue weighted by molar-refractivity contribution is -0.136. The molecule has 2 aromatic carbocycles. The Morgan fingerprint density at radius 2 is 1.90 bits per heavy atom. The highest BCUT2D eigenvalue weighted by atomic mass is 16.6. The molecule has 29 heavy (non-hydrogen) atoms. The second-order valence-corrected chi connectivity index (χ2v) is 6.85. The van der Waals surface area contributed by atoms with Crippen molar-refractivity contribution in [3.05, 3.63) is 54.6 Å². The van der Waals surface area contributed by atoms with Crippen LogP contribution in [0, 0.1) is 0 Å². The van der Waals surface area contributed by atoms with E-state index in [0.717, 1.165) is 11.3 Å². The van der Waals surface area contributed by atoms with Crippen LogP contribution in [0.4, 0.5) is 0 Å². The van der Waals surface area contributed by atoms with E-state index in [-0.39, 0.29) is 12.0 Å². The number of hydrogen-bond acceptors (Lipinski definition) is 6. The molecular weight excluding hydrogens is 370 g/mol. The first-order valence-corrected chi connectivity index (χ1v) is 9.68.